The molecule has 0 aliphatic rings. The van der Waals surface area contributed by atoms with E-state index in [0.717, 1.165) is 41.6 Å². The minimum Gasteiger partial charge on any atom is -0.508 e. The molecule has 0 unspecified atom stereocenters. The zero-order valence-corrected chi connectivity index (χ0v) is 16.8. The van der Waals surface area contributed by atoms with Crippen molar-refractivity contribution in [2.45, 2.75) is 38.5 Å². The molecule has 152 valence electrons. The number of aromatic nitrogens is 1. The molecule has 0 aliphatic heterocycles. The summed E-state index contributed by atoms with van der Waals surface area (Å²) in [7, 11) is 0. The van der Waals surface area contributed by atoms with Gasteiger partial charge in [-0.2, -0.15) is 11.3 Å². The van der Waals surface area contributed by atoms with Gasteiger partial charge in [0.15, 0.2) is 5.78 Å². The largest absolute Gasteiger partial charge is 0.508 e. The Hall–Kier alpha value is -2.90. The molecule has 2 heterocycles. The summed E-state index contributed by atoms with van der Waals surface area (Å²) in [6.45, 7) is 0. The van der Waals surface area contributed by atoms with E-state index >= 15 is 0 Å². The summed E-state index contributed by atoms with van der Waals surface area (Å²) in [6, 6.07) is 10.8. The topological polar surface area (TPSA) is 102 Å². The van der Waals surface area contributed by atoms with Crippen molar-refractivity contribution in [1.29, 1.82) is 0 Å². The van der Waals surface area contributed by atoms with E-state index in [0.29, 0.717) is 18.5 Å². The zero-order valence-electron chi connectivity index (χ0n) is 16.0. The second-order valence-electron chi connectivity index (χ2n) is 6.90. The van der Waals surface area contributed by atoms with Gasteiger partial charge in [0.2, 0.25) is 5.91 Å². The van der Waals surface area contributed by atoms with E-state index in [9.17, 15) is 14.7 Å². The summed E-state index contributed by atoms with van der Waals surface area (Å²) in [5.74, 6) is -0.153. The summed E-state index contributed by atoms with van der Waals surface area (Å²) in [6.07, 6.45) is 3.80. The fourth-order valence-electron chi connectivity index (χ4n) is 3.22. The number of H-pyrrole nitrogens is 1. The fourth-order valence-corrected chi connectivity index (χ4v) is 3.88. The van der Waals surface area contributed by atoms with Gasteiger partial charge in [0, 0.05) is 35.0 Å². The Kier molecular flexibility index (Phi) is 7.21. The number of amides is 1. The molecule has 1 amide bonds. The number of rotatable bonds is 10. The minimum atomic E-state index is -0.382. The molecule has 4 N–H and O–H groups in total. The Morgan fingerprint density at radius 2 is 1.69 bits per heavy atom. The molecule has 1 aromatic carbocycles. The highest BCUT2D eigenvalue weighted by Crippen LogP contribution is 2.32. The highest BCUT2D eigenvalue weighted by molar-refractivity contribution is 7.08. The Balaban J connectivity index is 1.69. The summed E-state index contributed by atoms with van der Waals surface area (Å²) in [5.41, 5.74) is 5.84. The first kappa shape index (κ1) is 20.8. The standard InChI is InChI=1S/C22H24N2O4S/c25-17-9-7-15(8-10-17)18-13-19(16-11-12-29-14-16)23-22(18)20(26)5-3-1-2-4-6-21(27)24-28/h7-14,23,25,28H,1-6H2,(H,24,27). The van der Waals surface area contributed by atoms with Crippen LogP contribution in [0.1, 0.15) is 49.0 Å². The molecule has 0 saturated carbocycles. The molecule has 0 atom stereocenters. The van der Waals surface area contributed by atoms with Crippen molar-refractivity contribution < 1.29 is 19.9 Å². The van der Waals surface area contributed by atoms with Crippen LogP contribution in [0.4, 0.5) is 0 Å². The number of aromatic hydroxyl groups is 1. The third kappa shape index (κ3) is 5.56. The van der Waals surface area contributed by atoms with Gasteiger partial charge >= 0.3 is 0 Å². The third-order valence-corrected chi connectivity index (χ3v) is 5.47. The predicted octanol–water partition coefficient (Wildman–Crippen LogP) is 5.14. The van der Waals surface area contributed by atoms with Crippen LogP contribution in [0.5, 0.6) is 5.75 Å². The zero-order chi connectivity index (χ0) is 20.6. The third-order valence-electron chi connectivity index (χ3n) is 4.79. The quantitative estimate of drug-likeness (QED) is 0.160. The molecule has 0 radical (unpaired) electrons. The Morgan fingerprint density at radius 1 is 0.966 bits per heavy atom. The molecule has 29 heavy (non-hydrogen) atoms. The van der Waals surface area contributed by atoms with E-state index in [1.54, 1.807) is 41.1 Å². The molecule has 0 fully saturated rings. The van der Waals surface area contributed by atoms with Gasteiger partial charge in [-0.15, -0.1) is 0 Å². The smallest absolute Gasteiger partial charge is 0.243 e. The first-order valence-electron chi connectivity index (χ1n) is 9.59. The van der Waals surface area contributed by atoms with Gasteiger partial charge < -0.3 is 10.1 Å². The van der Waals surface area contributed by atoms with E-state index in [1.807, 2.05) is 22.9 Å². The lowest BCUT2D eigenvalue weighted by atomic mass is 10.0. The number of phenolic OH excluding ortho intramolecular Hbond substituents is 1. The Labute approximate surface area is 173 Å². The van der Waals surface area contributed by atoms with Gasteiger partial charge in [-0.1, -0.05) is 25.0 Å². The number of carbonyl (C=O) groups excluding carboxylic acids is 2. The number of hydrogen-bond donors (Lipinski definition) is 4. The monoisotopic (exact) mass is 412 g/mol. The SMILES string of the molecule is O=C(CCCCCCC(=O)c1[nH]c(-c2ccsc2)cc1-c1ccc(O)cc1)NO. The average Bonchev–Trinajstić information content (AvgIpc) is 3.40. The van der Waals surface area contributed by atoms with Crippen LogP contribution in [-0.2, 0) is 4.79 Å². The molecule has 7 heteroatoms. The lowest BCUT2D eigenvalue weighted by Crippen LogP contribution is -2.17. The van der Waals surface area contributed by atoms with Gasteiger partial charge in [0.25, 0.3) is 0 Å². The number of benzene rings is 1. The van der Waals surface area contributed by atoms with Crippen molar-refractivity contribution in [3.8, 4) is 28.1 Å². The number of ketones is 1. The van der Waals surface area contributed by atoms with Crippen molar-refractivity contribution >= 4 is 23.0 Å². The minimum absolute atomic E-state index is 0.0441. The maximum atomic E-state index is 12.9. The number of hydrogen-bond acceptors (Lipinski definition) is 5. The van der Waals surface area contributed by atoms with Crippen molar-refractivity contribution in [3.63, 3.8) is 0 Å². The van der Waals surface area contributed by atoms with Crippen molar-refractivity contribution in [2.75, 3.05) is 0 Å². The van der Waals surface area contributed by atoms with Gasteiger partial charge in [-0.05, 0) is 48.1 Å². The maximum Gasteiger partial charge on any atom is 0.243 e. The summed E-state index contributed by atoms with van der Waals surface area (Å²) in [5, 5.41) is 22.1. The summed E-state index contributed by atoms with van der Waals surface area (Å²) in [4.78, 5) is 27.2. The van der Waals surface area contributed by atoms with Gasteiger partial charge in [-0.25, -0.2) is 5.48 Å². The average molecular weight is 413 g/mol. The number of thiophene rings is 1. The molecular weight excluding hydrogens is 388 g/mol. The van der Waals surface area contributed by atoms with Gasteiger partial charge in [0.1, 0.15) is 5.75 Å². The van der Waals surface area contributed by atoms with E-state index in [2.05, 4.69) is 4.98 Å². The lowest BCUT2D eigenvalue weighted by molar-refractivity contribution is -0.129. The van der Waals surface area contributed by atoms with E-state index in [-0.39, 0.29) is 23.9 Å². The second kappa shape index (κ2) is 10.0. The Morgan fingerprint density at radius 3 is 2.34 bits per heavy atom. The van der Waals surface area contributed by atoms with Crippen LogP contribution in [0.3, 0.4) is 0 Å². The molecule has 3 rings (SSSR count). The van der Waals surface area contributed by atoms with Crippen molar-refractivity contribution in [3.05, 3.63) is 52.9 Å². The molecule has 3 aromatic rings. The van der Waals surface area contributed by atoms with Crippen LogP contribution in [0.15, 0.2) is 47.2 Å². The van der Waals surface area contributed by atoms with Crippen LogP contribution < -0.4 is 5.48 Å². The maximum absolute atomic E-state index is 12.9. The number of Topliss-reactive ketones (excluding diaryl/α,β-unsaturated/α-hetero) is 1. The van der Waals surface area contributed by atoms with Gasteiger partial charge in [-0.3, -0.25) is 14.8 Å². The molecule has 0 saturated heterocycles. The molecule has 6 nitrogen and oxygen atoms in total. The Bertz CT molecular complexity index is 946. The van der Waals surface area contributed by atoms with Crippen molar-refractivity contribution in [2.24, 2.45) is 0 Å². The second-order valence-corrected chi connectivity index (χ2v) is 7.68. The normalized spacial score (nSPS) is 10.8. The highest BCUT2D eigenvalue weighted by atomic mass is 32.1. The molecule has 0 aliphatic carbocycles. The van der Waals surface area contributed by atoms with Crippen molar-refractivity contribution in [1.82, 2.24) is 10.5 Å². The number of unbranched alkanes of at least 4 members (excludes halogenated alkanes) is 3. The van der Waals surface area contributed by atoms with Gasteiger partial charge in [0.05, 0.1) is 5.69 Å². The predicted molar refractivity (Wildman–Crippen MR) is 113 cm³/mol. The first-order chi connectivity index (χ1) is 14.1. The van der Waals surface area contributed by atoms with Crippen LogP contribution in [0, 0.1) is 0 Å². The van der Waals surface area contributed by atoms with Crippen LogP contribution in [-0.4, -0.2) is 27.0 Å². The number of hydroxylamine groups is 1. The van der Waals surface area contributed by atoms with Crippen LogP contribution >= 0.6 is 11.3 Å². The molecule has 0 spiro atoms. The van der Waals surface area contributed by atoms with Crippen LogP contribution in [0.2, 0.25) is 0 Å². The van der Waals surface area contributed by atoms with E-state index in [1.165, 1.54) is 0 Å². The van der Waals surface area contributed by atoms with E-state index < -0.39 is 0 Å². The number of aromatic amines is 1. The lowest BCUT2D eigenvalue weighted by Gasteiger charge is -2.05. The molecule has 0 bridgehead atoms. The summed E-state index contributed by atoms with van der Waals surface area (Å²) >= 11 is 1.60. The fraction of sp³-hybridized carbons (Fsp3) is 0.273. The number of nitrogens with one attached hydrogen (secondary N) is 2. The number of phenols is 1. The first-order valence-corrected chi connectivity index (χ1v) is 10.5. The number of carbonyl (C=O) groups is 2. The molecule has 2 aromatic heterocycles. The molecular formula is C22H24N2O4S. The van der Waals surface area contributed by atoms with E-state index in [4.69, 9.17) is 5.21 Å². The highest BCUT2D eigenvalue weighted by Gasteiger charge is 2.17. The summed E-state index contributed by atoms with van der Waals surface area (Å²) < 4.78 is 0. The van der Waals surface area contributed by atoms with Crippen LogP contribution in [0.25, 0.3) is 22.4 Å².